The van der Waals surface area contributed by atoms with Gasteiger partial charge in [-0.3, -0.25) is 52.7 Å². The lowest BCUT2D eigenvalue weighted by molar-refractivity contribution is -0.173. The van der Waals surface area contributed by atoms with Gasteiger partial charge < -0.3 is 57.7 Å². The van der Waals surface area contributed by atoms with E-state index in [2.05, 4.69) is 42.5 Å². The fraction of sp³-hybridized carbons (Fsp3) is 0.630. The molecule has 0 unspecified atom stereocenters. The Morgan fingerprint density at radius 1 is 0.658 bits per heavy atom. The molecule has 0 aromatic heterocycles. The highest BCUT2D eigenvalue weighted by Gasteiger charge is 2.41. The lowest BCUT2D eigenvalue weighted by Gasteiger charge is -2.31. The van der Waals surface area contributed by atoms with Gasteiger partial charge in [-0.15, -0.1) is 0 Å². The van der Waals surface area contributed by atoms with Crippen molar-refractivity contribution in [3.05, 3.63) is 35.9 Å². The number of alkyl halides is 3. The van der Waals surface area contributed by atoms with Gasteiger partial charge in [0.25, 0.3) is 0 Å². The molecule has 0 radical (unpaired) electrons. The van der Waals surface area contributed by atoms with Crippen molar-refractivity contribution in [2.75, 3.05) is 44.2 Å². The molecule has 4 aliphatic heterocycles. The summed E-state index contributed by atoms with van der Waals surface area (Å²) in [6.07, 6.45) is -4.15. The fourth-order valence-corrected chi connectivity index (χ4v) is 11.0. The first-order valence-electron chi connectivity index (χ1n) is 24.2. The number of carbonyl (C=O) groups excluding carboxylic acids is 11. The fourth-order valence-electron chi connectivity index (χ4n) is 8.70. The zero-order valence-corrected chi connectivity index (χ0v) is 42.4. The predicted molar refractivity (Wildman–Crippen MR) is 260 cm³/mol. The van der Waals surface area contributed by atoms with Crippen LogP contribution in [0.4, 0.5) is 13.2 Å². The number of halogens is 3. The van der Waals surface area contributed by atoms with Crippen molar-refractivity contribution in [2.24, 2.45) is 5.92 Å². The van der Waals surface area contributed by atoms with Gasteiger partial charge in [-0.25, -0.2) is 0 Å². The maximum absolute atomic E-state index is 14.5. The molecule has 73 heavy (non-hydrogen) atoms. The Bertz CT molecular complexity index is 2210. The highest BCUT2D eigenvalue weighted by molar-refractivity contribution is 8.76. The summed E-state index contributed by atoms with van der Waals surface area (Å²) in [5.74, 6) is -10.5. The smallest absolute Gasteiger partial charge is 0.348 e. The Morgan fingerprint density at radius 2 is 1.18 bits per heavy atom. The molecule has 11 amide bonds. The Hall–Kier alpha value is -6.12. The Kier molecular flexibility index (Phi) is 21.6. The molecule has 4 fully saturated rings. The summed E-state index contributed by atoms with van der Waals surface area (Å²) in [6, 6.07) is -1.55. The SMILES string of the molecule is CC(C)C[C@@H]1NC(=O)[C@@H]2CSSC[C@H](NC(=O)[C@H](CCCCNC(=O)C(F)(F)F)NC(=O)CNC(=O)[C@@H]3CCCN3C1=O)C(=O)N[C@@H](C)C(=O)N1CCC[C@H]1C(=O)NCC(=O)N[C@@H](Cc1ccccc1)C(=O)N2. The number of carbonyl (C=O) groups is 11. The molecular formula is C46H64F3N11O11S2. The monoisotopic (exact) mass is 1070 g/mol. The first-order valence-corrected chi connectivity index (χ1v) is 26.7. The van der Waals surface area contributed by atoms with Crippen LogP contribution in [0.25, 0.3) is 0 Å². The first kappa shape index (κ1) is 57.8. The zero-order chi connectivity index (χ0) is 53.4. The standard InChI is InChI=1S/C46H64F3N11O11S2/c1-25(2)19-30-44(70)60-18-10-15-34(60)42(68)51-21-35(61)54-28(13-7-8-16-50-45(71)46(47,48)49)37(63)57-31-23-72-73-24-32(40(66)56-30)58-38(64)29(20-27-11-5-4-6-12-27)55-36(62)22-52-41(67)33-14-9-17-59(33)43(69)26(3)53-39(31)65/h4-6,11-12,25-26,28-34H,7-10,13-24H2,1-3H3,(H,50,71)(H,51,68)(H,52,67)(H,53,65)(H,54,61)(H,55,62)(H,56,66)(H,57,63)(H,58,64)/t26-,28-,29-,30-,31-,32-,33-,34-/m0/s1. The highest BCUT2D eigenvalue weighted by atomic mass is 33.1. The minimum atomic E-state index is -5.13. The van der Waals surface area contributed by atoms with Crippen LogP contribution in [0.2, 0.25) is 0 Å². The van der Waals surface area contributed by atoms with E-state index in [1.807, 2.05) is 13.8 Å². The molecule has 2 bridgehead atoms. The number of hydrogen-bond donors (Lipinski definition) is 9. The molecule has 4 heterocycles. The topological polar surface area (TPSA) is 303 Å². The van der Waals surface area contributed by atoms with E-state index < -0.39 is 139 Å². The Labute approximate surface area is 427 Å². The molecule has 9 N–H and O–H groups in total. The quantitative estimate of drug-likeness (QED) is 0.103. The van der Waals surface area contributed by atoms with E-state index in [1.54, 1.807) is 35.6 Å². The van der Waals surface area contributed by atoms with E-state index in [0.29, 0.717) is 18.4 Å². The summed E-state index contributed by atoms with van der Waals surface area (Å²) in [5, 5.41) is 22.6. The van der Waals surface area contributed by atoms with Gasteiger partial charge in [0.1, 0.15) is 48.3 Å². The second kappa shape index (κ2) is 27.2. The highest BCUT2D eigenvalue weighted by Crippen LogP contribution is 2.26. The number of rotatable bonds is 9. The largest absolute Gasteiger partial charge is 0.471 e. The number of hydrogen-bond acceptors (Lipinski definition) is 13. The molecule has 27 heteroatoms. The van der Waals surface area contributed by atoms with Crippen LogP contribution in [-0.2, 0) is 59.2 Å². The predicted octanol–water partition coefficient (Wildman–Crippen LogP) is -1.32. The number of fused-ring (bicyclic) bond motifs is 7. The van der Waals surface area contributed by atoms with Gasteiger partial charge in [-0.2, -0.15) is 13.2 Å². The second-order valence-corrected chi connectivity index (χ2v) is 21.2. The summed E-state index contributed by atoms with van der Waals surface area (Å²) in [5.41, 5.74) is 0.635. The molecule has 0 aliphatic carbocycles. The lowest BCUT2D eigenvalue weighted by Crippen LogP contribution is -2.60. The molecule has 0 saturated carbocycles. The molecule has 1 aromatic rings. The van der Waals surface area contributed by atoms with Crippen LogP contribution in [0.5, 0.6) is 0 Å². The molecule has 4 aliphatic rings. The van der Waals surface area contributed by atoms with Crippen LogP contribution in [-0.4, -0.2) is 174 Å². The van der Waals surface area contributed by atoms with Crippen molar-refractivity contribution in [1.29, 1.82) is 0 Å². The second-order valence-electron chi connectivity index (χ2n) is 18.6. The lowest BCUT2D eigenvalue weighted by atomic mass is 10.0. The maximum atomic E-state index is 14.5. The van der Waals surface area contributed by atoms with E-state index in [4.69, 9.17) is 0 Å². The maximum Gasteiger partial charge on any atom is 0.471 e. The van der Waals surface area contributed by atoms with Crippen LogP contribution in [0.3, 0.4) is 0 Å². The average Bonchev–Trinajstić information content (AvgIpc) is 4.05. The normalized spacial score (nSPS) is 27.2. The van der Waals surface area contributed by atoms with Crippen LogP contribution in [0, 0.1) is 5.92 Å². The number of benzene rings is 1. The summed E-state index contributed by atoms with van der Waals surface area (Å²) in [6.45, 7) is 3.57. The van der Waals surface area contributed by atoms with Crippen LogP contribution in [0.15, 0.2) is 30.3 Å². The van der Waals surface area contributed by atoms with Gasteiger partial charge in [0.2, 0.25) is 59.1 Å². The van der Waals surface area contributed by atoms with Crippen molar-refractivity contribution in [1.82, 2.24) is 57.7 Å². The minimum absolute atomic E-state index is 0.0256. The Morgan fingerprint density at radius 3 is 1.73 bits per heavy atom. The molecule has 1 aromatic carbocycles. The first-order chi connectivity index (χ1) is 34.6. The number of nitrogens with one attached hydrogen (secondary N) is 9. The average molecular weight is 1070 g/mol. The summed E-state index contributed by atoms with van der Waals surface area (Å²) in [4.78, 5) is 153. The van der Waals surface area contributed by atoms with Crippen molar-refractivity contribution in [3.63, 3.8) is 0 Å². The Balaban J connectivity index is 1.52. The van der Waals surface area contributed by atoms with Crippen molar-refractivity contribution in [3.8, 4) is 0 Å². The molecule has 4 saturated heterocycles. The third-order valence-corrected chi connectivity index (χ3v) is 14.9. The van der Waals surface area contributed by atoms with Gasteiger partial charge in [0, 0.05) is 37.6 Å². The molecule has 402 valence electrons. The summed E-state index contributed by atoms with van der Waals surface area (Å²) in [7, 11) is 1.97. The zero-order valence-electron chi connectivity index (χ0n) is 40.7. The summed E-state index contributed by atoms with van der Waals surface area (Å²) < 4.78 is 38.5. The molecule has 8 atom stereocenters. The number of nitrogens with zero attached hydrogens (tertiary/aromatic N) is 2. The van der Waals surface area contributed by atoms with Gasteiger partial charge >= 0.3 is 12.1 Å². The van der Waals surface area contributed by atoms with Gasteiger partial charge in [0.05, 0.1) is 13.1 Å². The van der Waals surface area contributed by atoms with Crippen LogP contribution in [0.1, 0.15) is 77.7 Å². The van der Waals surface area contributed by atoms with Crippen molar-refractivity contribution < 1.29 is 65.9 Å². The van der Waals surface area contributed by atoms with E-state index in [9.17, 15) is 65.9 Å². The van der Waals surface area contributed by atoms with Gasteiger partial charge in [-0.05, 0) is 69.8 Å². The minimum Gasteiger partial charge on any atom is -0.348 e. The molecular weight excluding hydrogens is 1000 g/mol. The van der Waals surface area contributed by atoms with Gasteiger partial charge in [-0.1, -0.05) is 65.8 Å². The van der Waals surface area contributed by atoms with E-state index in [0.717, 1.165) is 21.6 Å². The van der Waals surface area contributed by atoms with E-state index >= 15 is 0 Å². The third kappa shape index (κ3) is 17.2. The van der Waals surface area contributed by atoms with Crippen molar-refractivity contribution in [2.45, 2.75) is 133 Å². The number of amides is 11. The molecule has 5 rings (SSSR count). The van der Waals surface area contributed by atoms with Gasteiger partial charge in [0.15, 0.2) is 0 Å². The van der Waals surface area contributed by atoms with Crippen LogP contribution < -0.4 is 47.9 Å². The summed E-state index contributed by atoms with van der Waals surface area (Å²) >= 11 is 0. The number of unbranched alkanes of at least 4 members (excludes halogenated alkanes) is 1. The van der Waals surface area contributed by atoms with E-state index in [-0.39, 0.29) is 75.5 Å². The molecule has 0 spiro atoms. The van der Waals surface area contributed by atoms with Crippen LogP contribution >= 0.6 is 21.6 Å². The van der Waals surface area contributed by atoms with Crippen molar-refractivity contribution >= 4 is 86.6 Å². The molecule has 22 nitrogen and oxygen atoms in total. The van der Waals surface area contributed by atoms with E-state index in [1.165, 1.54) is 16.7 Å². The third-order valence-electron chi connectivity index (χ3n) is 12.4.